The number of hydrogen-bond donors (Lipinski definition) is 0. The van der Waals surface area contributed by atoms with Crippen LogP contribution in [0.25, 0.3) is 0 Å². The van der Waals surface area contributed by atoms with E-state index in [2.05, 4.69) is 9.72 Å². The number of aromatic nitrogens is 1. The highest BCUT2D eigenvalue weighted by Crippen LogP contribution is 2.35. The van der Waals surface area contributed by atoms with Crippen molar-refractivity contribution in [1.29, 1.82) is 0 Å². The van der Waals surface area contributed by atoms with E-state index in [-0.39, 0.29) is 5.01 Å². The first-order chi connectivity index (χ1) is 5.55. The molecule has 0 amide bonds. The number of halogens is 3. The van der Waals surface area contributed by atoms with Crippen molar-refractivity contribution in [3.8, 4) is 0 Å². The summed E-state index contributed by atoms with van der Waals surface area (Å²) in [7, 11) is 1.01. The Labute approximate surface area is 71.0 Å². The third-order valence-corrected chi connectivity index (χ3v) is 2.03. The summed E-state index contributed by atoms with van der Waals surface area (Å²) in [5.41, 5.74) is 0. The molecule has 0 aliphatic carbocycles. The van der Waals surface area contributed by atoms with E-state index in [1.807, 2.05) is 0 Å². The molecule has 12 heavy (non-hydrogen) atoms. The molecule has 0 bridgehead atoms. The third-order valence-electron chi connectivity index (χ3n) is 1.21. The standard InChI is InChI=1S/C6H6F3NOS/c1-11-4(6(7,8)9)5-10-2-3-12-5/h2-4H,1H3. The second-order valence-corrected chi connectivity index (χ2v) is 2.95. The lowest BCUT2D eigenvalue weighted by Gasteiger charge is -2.15. The number of nitrogens with zero attached hydrogens (tertiary/aromatic N) is 1. The van der Waals surface area contributed by atoms with Gasteiger partial charge >= 0.3 is 6.18 Å². The van der Waals surface area contributed by atoms with Gasteiger partial charge in [0.15, 0.2) is 0 Å². The molecule has 1 aromatic rings. The van der Waals surface area contributed by atoms with Crippen LogP contribution in [0, 0.1) is 0 Å². The maximum atomic E-state index is 12.1. The van der Waals surface area contributed by atoms with Gasteiger partial charge in [-0.3, -0.25) is 0 Å². The first-order valence-electron chi connectivity index (χ1n) is 3.04. The van der Waals surface area contributed by atoms with E-state index in [4.69, 9.17) is 0 Å². The highest BCUT2D eigenvalue weighted by molar-refractivity contribution is 7.09. The smallest absolute Gasteiger partial charge is 0.365 e. The molecule has 1 unspecified atom stereocenters. The summed E-state index contributed by atoms with van der Waals surface area (Å²) in [5.74, 6) is 0. The zero-order valence-corrected chi connectivity index (χ0v) is 6.95. The Hall–Kier alpha value is -0.620. The summed E-state index contributed by atoms with van der Waals surface area (Å²) >= 11 is 0.926. The Balaban J connectivity index is 2.84. The average molecular weight is 197 g/mol. The van der Waals surface area contributed by atoms with Crippen LogP contribution in [0.2, 0.25) is 0 Å². The molecule has 0 aliphatic rings. The van der Waals surface area contributed by atoms with E-state index in [9.17, 15) is 13.2 Å². The van der Waals surface area contributed by atoms with E-state index >= 15 is 0 Å². The van der Waals surface area contributed by atoms with Gasteiger partial charge in [-0.25, -0.2) is 4.98 Å². The number of methoxy groups -OCH3 is 1. The van der Waals surface area contributed by atoms with Crippen LogP contribution in [-0.4, -0.2) is 18.3 Å². The van der Waals surface area contributed by atoms with Crippen LogP contribution in [0.15, 0.2) is 11.6 Å². The topological polar surface area (TPSA) is 22.1 Å². The highest BCUT2D eigenvalue weighted by Gasteiger charge is 2.42. The number of thiazole rings is 1. The summed E-state index contributed by atoms with van der Waals surface area (Å²) in [6, 6.07) is 0. The second kappa shape index (κ2) is 3.40. The molecule has 2 nitrogen and oxygen atoms in total. The van der Waals surface area contributed by atoms with Crippen LogP contribution in [0.1, 0.15) is 11.1 Å². The number of ether oxygens (including phenoxy) is 1. The minimum Gasteiger partial charge on any atom is -0.365 e. The van der Waals surface area contributed by atoms with Crippen molar-refractivity contribution >= 4 is 11.3 Å². The summed E-state index contributed by atoms with van der Waals surface area (Å²) in [5, 5.41) is 1.41. The van der Waals surface area contributed by atoms with Crippen LogP contribution >= 0.6 is 11.3 Å². The lowest BCUT2D eigenvalue weighted by Crippen LogP contribution is -2.22. The van der Waals surface area contributed by atoms with Crippen LogP contribution in [-0.2, 0) is 4.74 Å². The fraction of sp³-hybridized carbons (Fsp3) is 0.500. The number of alkyl halides is 3. The molecule has 0 radical (unpaired) electrons. The van der Waals surface area contributed by atoms with Crippen molar-refractivity contribution in [2.24, 2.45) is 0 Å². The molecule has 6 heteroatoms. The molecular formula is C6H6F3NOS. The van der Waals surface area contributed by atoms with Gasteiger partial charge in [0.05, 0.1) is 0 Å². The van der Waals surface area contributed by atoms with Gasteiger partial charge in [-0.05, 0) is 0 Å². The lowest BCUT2D eigenvalue weighted by atomic mass is 10.4. The number of rotatable bonds is 2. The molecule has 1 heterocycles. The summed E-state index contributed by atoms with van der Waals surface area (Å²) in [6.45, 7) is 0. The predicted octanol–water partition coefficient (Wildman–Crippen LogP) is 2.39. The van der Waals surface area contributed by atoms with E-state index in [0.29, 0.717) is 0 Å². The quantitative estimate of drug-likeness (QED) is 0.726. The minimum absolute atomic E-state index is 0.0648. The minimum atomic E-state index is -4.38. The van der Waals surface area contributed by atoms with Gasteiger partial charge in [0, 0.05) is 18.7 Å². The SMILES string of the molecule is COC(c1nccs1)C(F)(F)F. The van der Waals surface area contributed by atoms with Gasteiger partial charge < -0.3 is 4.74 Å². The molecule has 0 fully saturated rings. The van der Waals surface area contributed by atoms with E-state index < -0.39 is 12.3 Å². The Morgan fingerprint density at radius 3 is 2.58 bits per heavy atom. The molecule has 0 aromatic carbocycles. The lowest BCUT2D eigenvalue weighted by molar-refractivity contribution is -0.215. The van der Waals surface area contributed by atoms with Crippen molar-refractivity contribution in [3.05, 3.63) is 16.6 Å². The molecule has 1 aromatic heterocycles. The molecule has 0 saturated heterocycles. The Kier molecular flexibility index (Phi) is 2.69. The van der Waals surface area contributed by atoms with Crippen LogP contribution in [0.3, 0.4) is 0 Å². The van der Waals surface area contributed by atoms with Gasteiger partial charge in [0.25, 0.3) is 0 Å². The van der Waals surface area contributed by atoms with E-state index in [1.165, 1.54) is 11.6 Å². The molecule has 0 spiro atoms. The van der Waals surface area contributed by atoms with Gasteiger partial charge in [0.1, 0.15) is 5.01 Å². The van der Waals surface area contributed by atoms with Crippen molar-refractivity contribution < 1.29 is 17.9 Å². The zero-order valence-electron chi connectivity index (χ0n) is 6.13. The highest BCUT2D eigenvalue weighted by atomic mass is 32.1. The van der Waals surface area contributed by atoms with E-state index in [0.717, 1.165) is 18.4 Å². The van der Waals surface area contributed by atoms with Gasteiger partial charge in [-0.1, -0.05) is 0 Å². The molecule has 1 atom stereocenters. The Morgan fingerprint density at radius 1 is 1.58 bits per heavy atom. The first-order valence-corrected chi connectivity index (χ1v) is 3.92. The van der Waals surface area contributed by atoms with Crippen LogP contribution in [0.5, 0.6) is 0 Å². The van der Waals surface area contributed by atoms with Crippen LogP contribution in [0.4, 0.5) is 13.2 Å². The maximum Gasteiger partial charge on any atom is 0.421 e. The fourth-order valence-corrected chi connectivity index (χ4v) is 1.47. The Bertz CT molecular complexity index is 233. The van der Waals surface area contributed by atoms with Crippen molar-refractivity contribution in [3.63, 3.8) is 0 Å². The van der Waals surface area contributed by atoms with Gasteiger partial charge in [0.2, 0.25) is 6.10 Å². The summed E-state index contributed by atoms with van der Waals surface area (Å²) < 4.78 is 40.7. The normalized spacial score (nSPS) is 14.7. The van der Waals surface area contributed by atoms with Gasteiger partial charge in [-0.15, -0.1) is 11.3 Å². The second-order valence-electron chi connectivity index (χ2n) is 2.03. The largest absolute Gasteiger partial charge is 0.421 e. The molecule has 0 N–H and O–H groups in total. The molecular weight excluding hydrogens is 191 g/mol. The third kappa shape index (κ3) is 1.95. The molecule has 0 saturated carbocycles. The van der Waals surface area contributed by atoms with Crippen molar-refractivity contribution in [2.45, 2.75) is 12.3 Å². The van der Waals surface area contributed by atoms with Crippen LogP contribution < -0.4 is 0 Å². The summed E-state index contributed by atoms with van der Waals surface area (Å²) in [6.07, 6.45) is -4.96. The zero-order chi connectivity index (χ0) is 9.19. The molecule has 1 rings (SSSR count). The predicted molar refractivity (Wildman–Crippen MR) is 37.9 cm³/mol. The number of hydrogen-bond acceptors (Lipinski definition) is 3. The van der Waals surface area contributed by atoms with Crippen molar-refractivity contribution in [1.82, 2.24) is 4.98 Å². The summed E-state index contributed by atoms with van der Waals surface area (Å²) in [4.78, 5) is 3.53. The van der Waals surface area contributed by atoms with Gasteiger partial charge in [-0.2, -0.15) is 13.2 Å². The fourth-order valence-electron chi connectivity index (χ4n) is 0.738. The van der Waals surface area contributed by atoms with E-state index in [1.54, 1.807) is 0 Å². The Morgan fingerprint density at radius 2 is 2.25 bits per heavy atom. The molecule has 0 aliphatic heterocycles. The molecule has 68 valence electrons. The van der Waals surface area contributed by atoms with Crippen molar-refractivity contribution in [2.75, 3.05) is 7.11 Å². The first kappa shape index (κ1) is 9.47. The average Bonchev–Trinajstić information content (AvgIpc) is 2.38. The monoisotopic (exact) mass is 197 g/mol. The maximum absolute atomic E-state index is 12.1.